The number of hydrogen-bond acceptors (Lipinski definition) is 5. The molecule has 2 aromatic rings. The highest BCUT2D eigenvalue weighted by Gasteiger charge is 2.43. The first-order valence-corrected chi connectivity index (χ1v) is 10.7. The van der Waals surface area contributed by atoms with Crippen LogP contribution < -0.4 is 9.47 Å². The van der Waals surface area contributed by atoms with Crippen molar-refractivity contribution >= 4 is 11.7 Å². The van der Waals surface area contributed by atoms with Gasteiger partial charge in [-0.05, 0) is 61.9 Å². The number of methoxy groups -OCH3 is 2. The lowest BCUT2D eigenvalue weighted by Crippen LogP contribution is -2.48. The zero-order valence-electron chi connectivity index (χ0n) is 18.9. The Morgan fingerprint density at radius 1 is 1.10 bits per heavy atom. The molecule has 1 fully saturated rings. The number of ketones is 1. The van der Waals surface area contributed by atoms with E-state index in [2.05, 4.69) is 4.98 Å². The van der Waals surface area contributed by atoms with Crippen LogP contribution in [0, 0.1) is 13.8 Å². The summed E-state index contributed by atoms with van der Waals surface area (Å²) in [5.74, 6) is 1.33. The minimum Gasteiger partial charge on any atom is -0.493 e. The predicted molar refractivity (Wildman–Crippen MR) is 116 cm³/mol. The summed E-state index contributed by atoms with van der Waals surface area (Å²) in [6.45, 7) is 7.02. The minimum absolute atomic E-state index is 0.0306. The fourth-order valence-electron chi connectivity index (χ4n) is 5.05. The molecule has 2 aliphatic heterocycles. The van der Waals surface area contributed by atoms with Crippen molar-refractivity contribution in [2.24, 2.45) is 0 Å². The smallest absolute Gasteiger partial charge is 0.255 e. The van der Waals surface area contributed by atoms with Crippen LogP contribution in [0.2, 0.25) is 0 Å². The van der Waals surface area contributed by atoms with Gasteiger partial charge in [-0.2, -0.15) is 0 Å². The highest BCUT2D eigenvalue weighted by molar-refractivity contribution is 6.02. The van der Waals surface area contributed by atoms with Crippen LogP contribution in [0.3, 0.4) is 0 Å². The average molecular weight is 427 g/mol. The molecule has 1 spiro atoms. The second-order valence-electron chi connectivity index (χ2n) is 8.43. The number of nitrogens with zero attached hydrogens (tertiary/aromatic N) is 1. The van der Waals surface area contributed by atoms with Crippen LogP contribution in [0.5, 0.6) is 11.5 Å². The molecule has 3 heterocycles. The second kappa shape index (κ2) is 8.04. The molecular weight excluding hydrogens is 396 g/mol. The number of H-pyrrole nitrogens is 1. The van der Waals surface area contributed by atoms with Gasteiger partial charge in [0.25, 0.3) is 5.91 Å². The molecule has 0 saturated carbocycles. The van der Waals surface area contributed by atoms with Gasteiger partial charge in [-0.25, -0.2) is 0 Å². The number of nitrogens with one attached hydrogen (secondary N) is 1. The highest BCUT2D eigenvalue weighted by Crippen LogP contribution is 2.45. The van der Waals surface area contributed by atoms with Gasteiger partial charge < -0.3 is 24.1 Å². The number of aromatic amines is 1. The zero-order valence-corrected chi connectivity index (χ0v) is 18.9. The lowest BCUT2D eigenvalue weighted by molar-refractivity contribution is -0.0936. The van der Waals surface area contributed by atoms with Crippen molar-refractivity contribution in [3.8, 4) is 11.5 Å². The first-order valence-electron chi connectivity index (χ1n) is 10.7. The average Bonchev–Trinajstić information content (AvgIpc) is 3.07. The maximum Gasteiger partial charge on any atom is 0.255 e. The first kappa shape index (κ1) is 21.4. The molecule has 0 radical (unpaired) electrons. The van der Waals surface area contributed by atoms with Crippen LogP contribution in [0.1, 0.15) is 63.0 Å². The lowest BCUT2D eigenvalue weighted by atomic mass is 9.79. The number of carbonyl (C=O) groups is 2. The summed E-state index contributed by atoms with van der Waals surface area (Å²) in [7, 11) is 3.28. The van der Waals surface area contributed by atoms with E-state index in [1.807, 2.05) is 30.9 Å². The Balaban J connectivity index is 1.59. The molecule has 0 aliphatic carbocycles. The van der Waals surface area contributed by atoms with Crippen molar-refractivity contribution in [2.75, 3.05) is 33.9 Å². The first-order chi connectivity index (χ1) is 14.8. The van der Waals surface area contributed by atoms with Gasteiger partial charge in [-0.15, -0.1) is 0 Å². The summed E-state index contributed by atoms with van der Waals surface area (Å²) >= 11 is 0. The van der Waals surface area contributed by atoms with E-state index in [9.17, 15) is 9.59 Å². The summed E-state index contributed by atoms with van der Waals surface area (Å²) in [5.41, 5.74) is 4.52. The van der Waals surface area contributed by atoms with Gasteiger partial charge in [-0.1, -0.05) is 0 Å². The zero-order chi connectivity index (χ0) is 22.3. The monoisotopic (exact) mass is 426 g/mol. The molecule has 0 unspecified atom stereocenters. The van der Waals surface area contributed by atoms with Crippen molar-refractivity contribution in [1.29, 1.82) is 0 Å². The molecule has 1 N–H and O–H groups in total. The molecule has 7 nitrogen and oxygen atoms in total. The number of aryl methyl sites for hydroxylation is 1. The number of rotatable bonds is 4. The molecule has 31 heavy (non-hydrogen) atoms. The van der Waals surface area contributed by atoms with E-state index in [0.29, 0.717) is 49.5 Å². The van der Waals surface area contributed by atoms with Gasteiger partial charge in [0.2, 0.25) is 0 Å². The topological polar surface area (TPSA) is 80.9 Å². The molecule has 1 amide bonds. The van der Waals surface area contributed by atoms with Gasteiger partial charge in [0.15, 0.2) is 17.3 Å². The quantitative estimate of drug-likeness (QED) is 0.756. The number of hydrogen-bond donors (Lipinski definition) is 1. The maximum atomic E-state index is 13.3. The number of fused-ring (bicyclic) bond motifs is 2. The summed E-state index contributed by atoms with van der Waals surface area (Å²) in [6.07, 6.45) is 2.25. The minimum atomic E-state index is -0.420. The third-order valence-electron chi connectivity index (χ3n) is 6.71. The number of piperidine rings is 1. The van der Waals surface area contributed by atoms with Crippen molar-refractivity contribution in [3.63, 3.8) is 0 Å². The Labute approximate surface area is 182 Å². The number of Topliss-reactive ketones (excluding diaryl/α,β-unsaturated/α-hetero) is 1. The van der Waals surface area contributed by atoms with Crippen LogP contribution in [-0.4, -0.2) is 55.5 Å². The number of amides is 1. The fraction of sp³-hybridized carbons (Fsp3) is 0.500. The number of carbonyl (C=O) groups excluding carboxylic acids is 2. The van der Waals surface area contributed by atoms with Gasteiger partial charge in [-0.3, -0.25) is 9.59 Å². The highest BCUT2D eigenvalue weighted by atomic mass is 16.5. The number of aromatic nitrogens is 1. The van der Waals surface area contributed by atoms with Crippen molar-refractivity contribution in [1.82, 2.24) is 9.88 Å². The van der Waals surface area contributed by atoms with Gasteiger partial charge in [0.1, 0.15) is 0 Å². The van der Waals surface area contributed by atoms with Gasteiger partial charge >= 0.3 is 0 Å². The van der Waals surface area contributed by atoms with Crippen LogP contribution in [0.15, 0.2) is 12.1 Å². The van der Waals surface area contributed by atoms with Crippen LogP contribution in [0.25, 0.3) is 0 Å². The van der Waals surface area contributed by atoms with Crippen molar-refractivity contribution < 1.29 is 23.8 Å². The Hall–Kier alpha value is -2.80. The van der Waals surface area contributed by atoms with Crippen molar-refractivity contribution in [2.45, 2.75) is 45.6 Å². The van der Waals surface area contributed by atoms with Gasteiger partial charge in [0, 0.05) is 25.7 Å². The van der Waals surface area contributed by atoms with E-state index >= 15 is 0 Å². The molecule has 1 aromatic carbocycles. The molecule has 1 saturated heterocycles. The Morgan fingerprint density at radius 3 is 2.32 bits per heavy atom. The predicted octanol–water partition coefficient (Wildman–Crippen LogP) is 3.56. The number of likely N-dealkylation sites (tertiary alicyclic amines) is 1. The molecular formula is C24H30N2O5. The van der Waals surface area contributed by atoms with E-state index < -0.39 is 5.60 Å². The summed E-state index contributed by atoms with van der Waals surface area (Å²) in [5, 5.41) is 0. The molecule has 0 atom stereocenters. The number of benzene rings is 1. The molecule has 0 bridgehead atoms. The van der Waals surface area contributed by atoms with E-state index in [1.165, 1.54) is 12.5 Å². The summed E-state index contributed by atoms with van der Waals surface area (Å²) in [6, 6.07) is 4.08. The molecule has 166 valence electrons. The van der Waals surface area contributed by atoms with E-state index in [0.717, 1.165) is 29.0 Å². The third kappa shape index (κ3) is 3.51. The van der Waals surface area contributed by atoms with Gasteiger partial charge in [0.05, 0.1) is 37.7 Å². The van der Waals surface area contributed by atoms with Crippen LogP contribution >= 0.6 is 0 Å². The third-order valence-corrected chi connectivity index (χ3v) is 6.71. The van der Waals surface area contributed by atoms with E-state index in [1.54, 1.807) is 14.2 Å². The second-order valence-corrected chi connectivity index (χ2v) is 8.43. The SMILES string of the molecule is COc1cc2c(cc1OC)C1(CCN(C(=O)c3c(C)[nH]c(C(C)=O)c3C)CC1)OCC2. The lowest BCUT2D eigenvalue weighted by Gasteiger charge is -2.45. The normalized spacial score (nSPS) is 17.4. The van der Waals surface area contributed by atoms with Crippen LogP contribution in [-0.2, 0) is 16.8 Å². The molecule has 7 heteroatoms. The standard InChI is InChI=1S/C24H30N2O5/c1-14-21(15(2)25-22(14)16(3)27)23(28)26-9-7-24(8-10-26)18-13-20(30-5)19(29-4)12-17(18)6-11-31-24/h12-13,25H,6-11H2,1-5H3. The summed E-state index contributed by atoms with van der Waals surface area (Å²) < 4.78 is 17.3. The Morgan fingerprint density at radius 2 is 1.74 bits per heavy atom. The number of ether oxygens (including phenoxy) is 3. The molecule has 1 aromatic heterocycles. The molecule has 2 aliphatic rings. The van der Waals surface area contributed by atoms with Crippen molar-refractivity contribution in [3.05, 3.63) is 45.8 Å². The van der Waals surface area contributed by atoms with Crippen LogP contribution in [0.4, 0.5) is 0 Å². The fourth-order valence-corrected chi connectivity index (χ4v) is 5.05. The maximum absolute atomic E-state index is 13.3. The largest absolute Gasteiger partial charge is 0.493 e. The Kier molecular flexibility index (Phi) is 5.56. The van der Waals surface area contributed by atoms with E-state index in [-0.39, 0.29) is 11.7 Å². The summed E-state index contributed by atoms with van der Waals surface area (Å²) in [4.78, 5) is 30.1. The molecule has 4 rings (SSSR count). The van der Waals surface area contributed by atoms with E-state index in [4.69, 9.17) is 14.2 Å². The Bertz CT molecular complexity index is 1030.